The second-order valence-electron chi connectivity index (χ2n) is 6.00. The molecule has 0 bridgehead atoms. The summed E-state index contributed by atoms with van der Waals surface area (Å²) >= 11 is 1.28. The predicted molar refractivity (Wildman–Crippen MR) is 100 cm³/mol. The molecule has 0 radical (unpaired) electrons. The van der Waals surface area contributed by atoms with E-state index in [9.17, 15) is 9.59 Å². The molecule has 3 aromatic rings. The molecule has 3 rings (SSSR count). The second-order valence-corrected chi connectivity index (χ2v) is 6.85. The molecule has 0 aliphatic heterocycles. The van der Waals surface area contributed by atoms with Crippen LogP contribution in [0.5, 0.6) is 0 Å². The molecule has 0 aliphatic rings. The summed E-state index contributed by atoms with van der Waals surface area (Å²) < 4.78 is 10.5. The molecule has 1 amide bonds. The van der Waals surface area contributed by atoms with Crippen LogP contribution >= 0.6 is 11.3 Å². The number of furan rings is 1. The molecular formula is C19H20N2O4S. The van der Waals surface area contributed by atoms with Crippen molar-refractivity contribution in [3.8, 4) is 0 Å². The number of hydrogen-bond acceptors (Lipinski definition) is 6. The summed E-state index contributed by atoms with van der Waals surface area (Å²) in [6, 6.07) is 4.00. The molecule has 26 heavy (non-hydrogen) atoms. The maximum absolute atomic E-state index is 12.3. The molecule has 0 atom stereocenters. The van der Waals surface area contributed by atoms with Crippen molar-refractivity contribution in [3.63, 3.8) is 0 Å². The zero-order valence-corrected chi connectivity index (χ0v) is 15.7. The first kappa shape index (κ1) is 18.1. The molecular weight excluding hydrogens is 352 g/mol. The first-order valence-corrected chi connectivity index (χ1v) is 9.22. The lowest BCUT2D eigenvalue weighted by Crippen LogP contribution is -2.14. The van der Waals surface area contributed by atoms with Gasteiger partial charge in [0.25, 0.3) is 0 Å². The van der Waals surface area contributed by atoms with Gasteiger partial charge in [-0.15, -0.1) is 11.3 Å². The maximum Gasteiger partial charge on any atom is 0.311 e. The number of nitrogens with zero attached hydrogens (tertiary/aromatic N) is 1. The van der Waals surface area contributed by atoms with Gasteiger partial charge in [0, 0.05) is 16.3 Å². The zero-order valence-electron chi connectivity index (χ0n) is 14.9. The third kappa shape index (κ3) is 3.94. The van der Waals surface area contributed by atoms with E-state index in [2.05, 4.69) is 10.3 Å². The Kier molecular flexibility index (Phi) is 5.37. The normalized spacial score (nSPS) is 10.9. The Balaban J connectivity index is 1.65. The van der Waals surface area contributed by atoms with Crippen molar-refractivity contribution < 1.29 is 18.7 Å². The molecule has 0 fully saturated rings. The van der Waals surface area contributed by atoms with Crippen molar-refractivity contribution in [2.75, 3.05) is 11.9 Å². The number of carbonyl (C=O) groups is 2. The average molecular weight is 372 g/mol. The SMILES string of the molecule is CCOC(=O)Cc1csc(NC(=O)Cc2coc3c(C)c(C)ccc23)n1. The van der Waals surface area contributed by atoms with Gasteiger partial charge in [-0.05, 0) is 31.9 Å². The molecule has 2 aromatic heterocycles. The molecule has 0 saturated carbocycles. The van der Waals surface area contributed by atoms with Crippen LogP contribution in [-0.4, -0.2) is 23.5 Å². The Bertz CT molecular complexity index is 958. The van der Waals surface area contributed by atoms with Crippen LogP contribution in [0.1, 0.15) is 29.3 Å². The van der Waals surface area contributed by atoms with Crippen LogP contribution in [0.4, 0.5) is 5.13 Å². The van der Waals surface area contributed by atoms with Crippen molar-refractivity contribution in [2.24, 2.45) is 0 Å². The topological polar surface area (TPSA) is 81.4 Å². The molecule has 6 nitrogen and oxygen atoms in total. The van der Waals surface area contributed by atoms with Crippen LogP contribution in [0.2, 0.25) is 0 Å². The van der Waals surface area contributed by atoms with Gasteiger partial charge >= 0.3 is 5.97 Å². The van der Waals surface area contributed by atoms with E-state index in [-0.39, 0.29) is 24.7 Å². The summed E-state index contributed by atoms with van der Waals surface area (Å²) in [5, 5.41) is 5.93. The van der Waals surface area contributed by atoms with Crippen LogP contribution in [0.25, 0.3) is 11.0 Å². The standard InChI is InChI=1S/C19H20N2O4S/c1-4-24-17(23)8-14-10-26-19(20-14)21-16(22)7-13-9-25-18-12(3)11(2)5-6-15(13)18/h5-6,9-10H,4,7-8H2,1-3H3,(H,20,21,22). The molecule has 7 heteroatoms. The first-order valence-electron chi connectivity index (χ1n) is 8.34. The maximum atomic E-state index is 12.3. The number of esters is 1. The fourth-order valence-electron chi connectivity index (χ4n) is 2.67. The lowest BCUT2D eigenvalue weighted by Gasteiger charge is -2.02. The van der Waals surface area contributed by atoms with Gasteiger partial charge < -0.3 is 14.5 Å². The summed E-state index contributed by atoms with van der Waals surface area (Å²) in [7, 11) is 0. The zero-order chi connectivity index (χ0) is 18.7. The smallest absolute Gasteiger partial charge is 0.311 e. The van der Waals surface area contributed by atoms with Gasteiger partial charge in [0.15, 0.2) is 5.13 Å². The van der Waals surface area contributed by atoms with Crippen molar-refractivity contribution >= 4 is 39.3 Å². The number of amides is 1. The molecule has 0 unspecified atom stereocenters. The number of thiazole rings is 1. The number of anilines is 1. The summed E-state index contributed by atoms with van der Waals surface area (Å²) in [4.78, 5) is 28.1. The van der Waals surface area contributed by atoms with E-state index in [1.54, 1.807) is 18.6 Å². The third-order valence-corrected chi connectivity index (χ3v) is 4.93. The van der Waals surface area contributed by atoms with E-state index >= 15 is 0 Å². The highest BCUT2D eigenvalue weighted by Crippen LogP contribution is 2.27. The summed E-state index contributed by atoms with van der Waals surface area (Å²) in [6.07, 6.45) is 1.93. The van der Waals surface area contributed by atoms with Gasteiger partial charge in [0.2, 0.25) is 5.91 Å². The lowest BCUT2D eigenvalue weighted by molar-refractivity contribution is -0.142. The van der Waals surface area contributed by atoms with Gasteiger partial charge in [-0.25, -0.2) is 4.98 Å². The summed E-state index contributed by atoms with van der Waals surface area (Å²) in [5.74, 6) is -0.505. The minimum Gasteiger partial charge on any atom is -0.466 e. The van der Waals surface area contributed by atoms with Crippen molar-refractivity contribution in [3.05, 3.63) is 46.2 Å². The molecule has 0 aliphatic carbocycles. The van der Waals surface area contributed by atoms with E-state index in [0.717, 1.165) is 27.7 Å². The largest absolute Gasteiger partial charge is 0.466 e. The van der Waals surface area contributed by atoms with E-state index in [1.807, 2.05) is 26.0 Å². The summed E-state index contributed by atoms with van der Waals surface area (Å²) in [6.45, 7) is 6.13. The van der Waals surface area contributed by atoms with Gasteiger partial charge in [0.05, 0.1) is 31.4 Å². The monoisotopic (exact) mass is 372 g/mol. The minimum absolute atomic E-state index is 0.102. The Labute approximate surface area is 155 Å². The van der Waals surface area contributed by atoms with Crippen LogP contribution in [0, 0.1) is 13.8 Å². The van der Waals surface area contributed by atoms with Crippen LogP contribution in [0.15, 0.2) is 28.2 Å². The average Bonchev–Trinajstić information content (AvgIpc) is 3.19. The molecule has 1 N–H and O–H groups in total. The van der Waals surface area contributed by atoms with Crippen molar-refractivity contribution in [1.82, 2.24) is 4.98 Å². The Hall–Kier alpha value is -2.67. The molecule has 1 aromatic carbocycles. The Morgan fingerprint density at radius 3 is 2.85 bits per heavy atom. The first-order chi connectivity index (χ1) is 12.5. The van der Waals surface area contributed by atoms with Gasteiger partial charge in [0.1, 0.15) is 5.58 Å². The molecule has 0 spiro atoms. The number of fused-ring (bicyclic) bond motifs is 1. The van der Waals surface area contributed by atoms with Gasteiger partial charge in [-0.1, -0.05) is 12.1 Å². The quantitative estimate of drug-likeness (QED) is 0.666. The van der Waals surface area contributed by atoms with E-state index in [1.165, 1.54) is 11.3 Å². The number of rotatable bonds is 6. The van der Waals surface area contributed by atoms with Crippen LogP contribution < -0.4 is 5.32 Å². The highest BCUT2D eigenvalue weighted by molar-refractivity contribution is 7.13. The minimum atomic E-state index is -0.328. The van der Waals surface area contributed by atoms with Gasteiger partial charge in [-0.2, -0.15) is 0 Å². The highest BCUT2D eigenvalue weighted by atomic mass is 32.1. The Morgan fingerprint density at radius 1 is 1.27 bits per heavy atom. The van der Waals surface area contributed by atoms with E-state index in [4.69, 9.17) is 9.15 Å². The number of hydrogen-bond donors (Lipinski definition) is 1. The number of carbonyl (C=O) groups excluding carboxylic acids is 2. The third-order valence-electron chi connectivity index (χ3n) is 4.12. The lowest BCUT2D eigenvalue weighted by atomic mass is 10.0. The fourth-order valence-corrected chi connectivity index (χ4v) is 3.39. The number of nitrogens with one attached hydrogen (secondary N) is 1. The molecule has 136 valence electrons. The van der Waals surface area contributed by atoms with Crippen molar-refractivity contribution in [2.45, 2.75) is 33.6 Å². The van der Waals surface area contributed by atoms with Crippen molar-refractivity contribution in [1.29, 1.82) is 0 Å². The second kappa shape index (κ2) is 7.70. The molecule has 0 saturated heterocycles. The van der Waals surface area contributed by atoms with E-state index in [0.29, 0.717) is 17.4 Å². The number of ether oxygens (including phenoxy) is 1. The fraction of sp³-hybridized carbons (Fsp3) is 0.316. The van der Waals surface area contributed by atoms with Gasteiger partial charge in [-0.3, -0.25) is 9.59 Å². The Morgan fingerprint density at radius 2 is 2.08 bits per heavy atom. The summed E-state index contributed by atoms with van der Waals surface area (Å²) in [5.41, 5.74) is 4.48. The number of aromatic nitrogens is 1. The predicted octanol–water partition coefficient (Wildman–Crippen LogP) is 3.79. The van der Waals surface area contributed by atoms with Crippen LogP contribution in [-0.2, 0) is 27.2 Å². The number of benzene rings is 1. The highest BCUT2D eigenvalue weighted by Gasteiger charge is 2.15. The molecule has 2 heterocycles. The number of aryl methyl sites for hydroxylation is 2. The van der Waals surface area contributed by atoms with E-state index < -0.39 is 0 Å². The van der Waals surface area contributed by atoms with Crippen LogP contribution in [0.3, 0.4) is 0 Å².